The molecule has 120 valence electrons. The van der Waals surface area contributed by atoms with Crippen LogP contribution in [0.2, 0.25) is 0 Å². The smallest absolute Gasteiger partial charge is 0.284 e. The van der Waals surface area contributed by atoms with Crippen LogP contribution in [-0.4, -0.2) is 22.1 Å². The first-order chi connectivity index (χ1) is 11.7. The normalized spacial score (nSPS) is 12.4. The molecule has 0 atom stereocenters. The van der Waals surface area contributed by atoms with Crippen molar-refractivity contribution in [1.82, 2.24) is 10.2 Å². The molecule has 1 aliphatic rings. The average molecular weight is 340 g/mol. The first-order valence-electron chi connectivity index (χ1n) is 7.21. The van der Waals surface area contributed by atoms with Crippen molar-refractivity contribution in [3.8, 4) is 23.0 Å². The van der Waals surface area contributed by atoms with Crippen molar-refractivity contribution in [3.05, 3.63) is 53.6 Å². The van der Waals surface area contributed by atoms with Crippen LogP contribution in [0.25, 0.3) is 11.5 Å². The van der Waals surface area contributed by atoms with Crippen LogP contribution in [0.5, 0.6) is 11.5 Å². The fraction of sp³-hybridized carbons (Fsp3) is 0.118. The number of ether oxygens (including phenoxy) is 2. The Labute approximate surface area is 141 Å². The fourth-order valence-electron chi connectivity index (χ4n) is 2.23. The molecule has 0 fully saturated rings. The summed E-state index contributed by atoms with van der Waals surface area (Å²) in [4.78, 5) is 12.3. The summed E-state index contributed by atoms with van der Waals surface area (Å²) in [5.41, 5.74) is 2.45. The van der Waals surface area contributed by atoms with Crippen molar-refractivity contribution in [3.63, 3.8) is 0 Å². The maximum absolute atomic E-state index is 12.3. The Hall–Kier alpha value is -2.80. The molecule has 0 aliphatic carbocycles. The van der Waals surface area contributed by atoms with E-state index in [4.69, 9.17) is 13.9 Å². The molecule has 4 rings (SSSR count). The number of carbonyl (C=O) groups is 1. The van der Waals surface area contributed by atoms with Gasteiger partial charge in [0.15, 0.2) is 11.5 Å². The van der Waals surface area contributed by atoms with E-state index < -0.39 is 0 Å². The number of fused-ring (bicyclic) bond motifs is 1. The van der Waals surface area contributed by atoms with E-state index in [1.807, 2.05) is 31.2 Å². The number of rotatable bonds is 3. The van der Waals surface area contributed by atoms with Crippen molar-refractivity contribution >= 4 is 16.9 Å². The van der Waals surface area contributed by atoms with E-state index in [1.54, 1.807) is 18.2 Å². The number of benzene rings is 2. The van der Waals surface area contributed by atoms with Gasteiger partial charge in [0, 0.05) is 22.9 Å². The van der Waals surface area contributed by atoms with E-state index in [0.717, 1.165) is 22.9 Å². The topological polar surface area (TPSA) is 74.5 Å². The first kappa shape index (κ1) is 14.8. The predicted molar refractivity (Wildman–Crippen MR) is 87.2 cm³/mol. The molecule has 6 nitrogen and oxygen atoms in total. The summed E-state index contributed by atoms with van der Waals surface area (Å²) < 4.78 is 16.1. The van der Waals surface area contributed by atoms with Crippen molar-refractivity contribution in [1.29, 1.82) is 0 Å². The van der Waals surface area contributed by atoms with Gasteiger partial charge in [-0.25, -0.2) is 0 Å². The summed E-state index contributed by atoms with van der Waals surface area (Å²) >= 11 is 0.885. The van der Waals surface area contributed by atoms with Gasteiger partial charge in [-0.15, -0.1) is 10.2 Å². The zero-order valence-electron chi connectivity index (χ0n) is 12.7. The zero-order chi connectivity index (χ0) is 16.5. The van der Waals surface area contributed by atoms with Crippen molar-refractivity contribution < 1.29 is 18.7 Å². The summed E-state index contributed by atoms with van der Waals surface area (Å²) in [5, 5.41) is 7.91. The number of nitrogens with zero attached hydrogens (tertiary/aromatic N) is 2. The molecule has 0 radical (unpaired) electrons. The maximum Gasteiger partial charge on any atom is 0.284 e. The van der Waals surface area contributed by atoms with E-state index in [1.165, 1.54) is 0 Å². The third-order valence-corrected chi connectivity index (χ3v) is 4.25. The van der Waals surface area contributed by atoms with Gasteiger partial charge in [-0.3, -0.25) is 4.79 Å². The van der Waals surface area contributed by atoms with Crippen LogP contribution < -0.4 is 9.47 Å². The molecule has 1 aromatic heterocycles. The van der Waals surface area contributed by atoms with E-state index in [0.29, 0.717) is 23.0 Å². The van der Waals surface area contributed by atoms with E-state index >= 15 is 0 Å². The van der Waals surface area contributed by atoms with Gasteiger partial charge >= 0.3 is 0 Å². The molecule has 1 aliphatic heterocycles. The lowest BCUT2D eigenvalue weighted by Crippen LogP contribution is -1.94. The van der Waals surface area contributed by atoms with Gasteiger partial charge in [-0.1, -0.05) is 17.7 Å². The summed E-state index contributed by atoms with van der Waals surface area (Å²) in [6.07, 6.45) is 0. The van der Waals surface area contributed by atoms with E-state index in [2.05, 4.69) is 10.2 Å². The fourth-order valence-corrected chi connectivity index (χ4v) is 2.83. The molecule has 0 amide bonds. The molecule has 24 heavy (non-hydrogen) atoms. The van der Waals surface area contributed by atoms with Crippen LogP contribution in [0.15, 0.2) is 52.1 Å². The molecule has 0 spiro atoms. The van der Waals surface area contributed by atoms with Gasteiger partial charge < -0.3 is 13.9 Å². The molecule has 3 aromatic rings. The lowest BCUT2D eigenvalue weighted by atomic mass is 10.1. The van der Waals surface area contributed by atoms with Crippen LogP contribution in [-0.2, 0) is 0 Å². The van der Waals surface area contributed by atoms with Gasteiger partial charge in [-0.05, 0) is 37.3 Å². The van der Waals surface area contributed by atoms with Gasteiger partial charge in [0.2, 0.25) is 17.8 Å². The van der Waals surface area contributed by atoms with Crippen LogP contribution in [0, 0.1) is 6.92 Å². The Bertz CT molecular complexity index is 905. The molecule has 2 aromatic carbocycles. The maximum atomic E-state index is 12.3. The van der Waals surface area contributed by atoms with Crippen LogP contribution in [0.1, 0.15) is 15.9 Å². The Morgan fingerprint density at radius 2 is 1.83 bits per heavy atom. The average Bonchev–Trinajstić information content (AvgIpc) is 3.24. The van der Waals surface area contributed by atoms with Crippen molar-refractivity contribution in [2.24, 2.45) is 0 Å². The van der Waals surface area contributed by atoms with Gasteiger partial charge in [-0.2, -0.15) is 0 Å². The molecule has 0 unspecified atom stereocenters. The standard InChI is InChI=1S/C17H12N2O4S/c1-10-2-4-11(5-3-10)15-18-19-17(23-15)24-16(20)12-6-7-13-14(8-12)22-9-21-13/h2-8H,9H2,1H3. The second kappa shape index (κ2) is 6.01. The minimum Gasteiger partial charge on any atom is -0.454 e. The SMILES string of the molecule is Cc1ccc(-c2nnc(SC(=O)c3ccc4c(c3)OCO4)o2)cc1. The quantitative estimate of drug-likeness (QED) is 0.673. The highest BCUT2D eigenvalue weighted by molar-refractivity contribution is 8.14. The monoisotopic (exact) mass is 340 g/mol. The van der Waals surface area contributed by atoms with Crippen molar-refractivity contribution in [2.75, 3.05) is 6.79 Å². The zero-order valence-corrected chi connectivity index (χ0v) is 13.5. The first-order valence-corrected chi connectivity index (χ1v) is 8.03. The summed E-state index contributed by atoms with van der Waals surface area (Å²) in [6.45, 7) is 2.17. The molecular weight excluding hydrogens is 328 g/mol. The Morgan fingerprint density at radius 1 is 1.04 bits per heavy atom. The Balaban J connectivity index is 1.51. The molecule has 7 heteroatoms. The lowest BCUT2D eigenvalue weighted by molar-refractivity contribution is 0.108. The van der Waals surface area contributed by atoms with Crippen molar-refractivity contribution in [2.45, 2.75) is 12.1 Å². The van der Waals surface area contributed by atoms with E-state index in [9.17, 15) is 4.79 Å². The number of hydrogen-bond donors (Lipinski definition) is 0. The van der Waals surface area contributed by atoms with Gasteiger partial charge in [0.05, 0.1) is 0 Å². The van der Waals surface area contributed by atoms with Crippen LogP contribution in [0.3, 0.4) is 0 Å². The second-order valence-electron chi connectivity index (χ2n) is 5.20. The Morgan fingerprint density at radius 3 is 2.67 bits per heavy atom. The van der Waals surface area contributed by atoms with Crippen LogP contribution in [0.4, 0.5) is 0 Å². The number of aromatic nitrogens is 2. The molecule has 0 N–H and O–H groups in total. The van der Waals surface area contributed by atoms with Gasteiger partial charge in [0.1, 0.15) is 0 Å². The minimum absolute atomic E-state index is 0.170. The molecule has 0 saturated heterocycles. The minimum atomic E-state index is -0.201. The number of thioether (sulfide) groups is 1. The molecule has 0 saturated carbocycles. The second-order valence-corrected chi connectivity index (χ2v) is 6.12. The number of hydrogen-bond acceptors (Lipinski definition) is 7. The Kier molecular flexibility index (Phi) is 3.70. The molecular formula is C17H12N2O4S. The highest BCUT2D eigenvalue weighted by Gasteiger charge is 2.19. The summed E-state index contributed by atoms with van der Waals surface area (Å²) in [6, 6.07) is 12.8. The number of aryl methyl sites for hydroxylation is 1. The lowest BCUT2D eigenvalue weighted by Gasteiger charge is -2.00. The molecule has 0 bridgehead atoms. The predicted octanol–water partition coefficient (Wildman–Crippen LogP) is 3.71. The molecule has 2 heterocycles. The highest BCUT2D eigenvalue weighted by atomic mass is 32.2. The van der Waals surface area contributed by atoms with Crippen LogP contribution >= 0.6 is 11.8 Å². The third-order valence-electron chi connectivity index (χ3n) is 3.49. The summed E-state index contributed by atoms with van der Waals surface area (Å²) in [7, 11) is 0. The summed E-state index contributed by atoms with van der Waals surface area (Å²) in [5.74, 6) is 1.58. The van der Waals surface area contributed by atoms with Gasteiger partial charge in [0.25, 0.3) is 5.22 Å². The third kappa shape index (κ3) is 2.85. The highest BCUT2D eigenvalue weighted by Crippen LogP contribution is 2.34. The van der Waals surface area contributed by atoms with E-state index in [-0.39, 0.29) is 17.1 Å². The largest absolute Gasteiger partial charge is 0.454 e. The number of carbonyl (C=O) groups excluding carboxylic acids is 1.